The summed E-state index contributed by atoms with van der Waals surface area (Å²) in [6.45, 7) is 9.29. The summed E-state index contributed by atoms with van der Waals surface area (Å²) in [6, 6.07) is 14.8. The first-order chi connectivity index (χ1) is 15.5. The molecule has 0 radical (unpaired) electrons. The lowest BCUT2D eigenvalue weighted by Gasteiger charge is -2.31. The molecule has 1 aromatic heterocycles. The van der Waals surface area contributed by atoms with Gasteiger partial charge in [0.1, 0.15) is 12.4 Å². The number of aromatic nitrogens is 3. The Labute approximate surface area is 190 Å². The van der Waals surface area contributed by atoms with Gasteiger partial charge in [-0.15, -0.1) is 6.58 Å². The lowest BCUT2D eigenvalue weighted by molar-refractivity contribution is -0.763. The van der Waals surface area contributed by atoms with E-state index in [1.165, 1.54) is 18.7 Å². The molecule has 0 aliphatic carbocycles. The van der Waals surface area contributed by atoms with Gasteiger partial charge >= 0.3 is 11.3 Å². The molecule has 8 heteroatoms. The standard InChI is InChI=1S/C24H22N4O3S/c1-4-14-31-18-12-10-17(11-13-18)23-27(16(3)29)20-9-7-6-8-19(20)21-22(30)25-24(26-28(21)23)32-15-5-2/h4-13,23H,1-2,14-15H2,3H3/p+1/t23-/m0/s1. The number of hydrogen-bond donors (Lipinski definition) is 1. The van der Waals surface area contributed by atoms with E-state index in [9.17, 15) is 9.59 Å². The molecule has 32 heavy (non-hydrogen) atoms. The fourth-order valence-electron chi connectivity index (χ4n) is 3.71. The van der Waals surface area contributed by atoms with Crippen LogP contribution in [0.2, 0.25) is 0 Å². The summed E-state index contributed by atoms with van der Waals surface area (Å²) in [7, 11) is 0. The van der Waals surface area contributed by atoms with Gasteiger partial charge in [0.15, 0.2) is 0 Å². The summed E-state index contributed by atoms with van der Waals surface area (Å²) in [4.78, 5) is 30.5. The average Bonchev–Trinajstić information content (AvgIpc) is 2.80. The lowest BCUT2D eigenvalue weighted by Crippen LogP contribution is -2.60. The highest BCUT2D eigenvalue weighted by Crippen LogP contribution is 2.37. The number of amides is 1. The van der Waals surface area contributed by atoms with Crippen molar-refractivity contribution in [3.05, 3.63) is 89.8 Å². The molecule has 1 N–H and O–H groups in total. The SMILES string of the molecule is C=CCOc1ccc([C@H]2N(C(C)=O)c3ccccc3-c3c(=O)[nH]c(SCC=C)n[n+]32)cc1. The Morgan fingerprint density at radius 3 is 2.66 bits per heavy atom. The van der Waals surface area contributed by atoms with Crippen molar-refractivity contribution >= 4 is 23.4 Å². The van der Waals surface area contributed by atoms with Crippen molar-refractivity contribution in [3.8, 4) is 17.0 Å². The zero-order chi connectivity index (χ0) is 22.7. The van der Waals surface area contributed by atoms with E-state index in [1.54, 1.807) is 21.7 Å². The van der Waals surface area contributed by atoms with Crippen LogP contribution in [-0.2, 0) is 4.79 Å². The van der Waals surface area contributed by atoms with Crippen LogP contribution in [0.25, 0.3) is 11.3 Å². The van der Waals surface area contributed by atoms with Crippen LogP contribution < -0.4 is 19.9 Å². The third-order valence-corrected chi connectivity index (χ3v) is 5.84. The van der Waals surface area contributed by atoms with Gasteiger partial charge in [-0.2, -0.15) is 0 Å². The summed E-state index contributed by atoms with van der Waals surface area (Å²) < 4.78 is 7.22. The third kappa shape index (κ3) is 3.97. The number of rotatable bonds is 7. The molecule has 3 aromatic rings. The van der Waals surface area contributed by atoms with Gasteiger partial charge in [-0.05, 0) is 41.1 Å². The van der Waals surface area contributed by atoms with Crippen molar-refractivity contribution in [2.75, 3.05) is 17.3 Å². The molecule has 1 atom stereocenters. The average molecular weight is 448 g/mol. The topological polar surface area (TPSA) is 79.2 Å². The van der Waals surface area contributed by atoms with Crippen LogP contribution >= 0.6 is 11.8 Å². The highest BCUT2D eigenvalue weighted by molar-refractivity contribution is 7.99. The maximum Gasteiger partial charge on any atom is 0.325 e. The normalized spacial score (nSPS) is 14.3. The second-order valence-electron chi connectivity index (χ2n) is 7.10. The molecule has 1 aliphatic heterocycles. The van der Waals surface area contributed by atoms with Crippen LogP contribution in [0.5, 0.6) is 5.75 Å². The van der Waals surface area contributed by atoms with Crippen LogP contribution in [0.15, 0.2) is 83.8 Å². The van der Waals surface area contributed by atoms with Gasteiger partial charge in [0, 0.05) is 23.3 Å². The minimum Gasteiger partial charge on any atom is -0.490 e. The molecule has 0 spiro atoms. The van der Waals surface area contributed by atoms with E-state index in [-0.39, 0.29) is 11.5 Å². The Hall–Kier alpha value is -3.65. The minimum atomic E-state index is -0.628. The first-order valence-corrected chi connectivity index (χ1v) is 11.1. The minimum absolute atomic E-state index is 0.157. The Morgan fingerprint density at radius 1 is 1.22 bits per heavy atom. The van der Waals surface area contributed by atoms with Crippen LogP contribution in [0.3, 0.4) is 0 Å². The molecular weight excluding hydrogens is 424 g/mol. The van der Waals surface area contributed by atoms with Crippen molar-refractivity contribution in [2.24, 2.45) is 0 Å². The maximum absolute atomic E-state index is 13.1. The number of benzene rings is 2. The van der Waals surface area contributed by atoms with Gasteiger partial charge in [-0.25, -0.2) is 4.90 Å². The van der Waals surface area contributed by atoms with Gasteiger partial charge < -0.3 is 4.74 Å². The monoisotopic (exact) mass is 447 g/mol. The molecule has 0 unspecified atom stereocenters. The Bertz CT molecular complexity index is 1240. The molecule has 162 valence electrons. The van der Waals surface area contributed by atoms with Crippen molar-refractivity contribution < 1.29 is 14.2 Å². The predicted octanol–water partition coefficient (Wildman–Crippen LogP) is 3.48. The molecule has 2 heterocycles. The van der Waals surface area contributed by atoms with Crippen molar-refractivity contribution in [1.82, 2.24) is 10.1 Å². The van der Waals surface area contributed by atoms with E-state index in [1.807, 2.05) is 48.5 Å². The molecule has 1 amide bonds. The molecule has 0 bridgehead atoms. The molecule has 0 saturated carbocycles. The second-order valence-corrected chi connectivity index (χ2v) is 8.11. The van der Waals surface area contributed by atoms with Crippen LogP contribution in [0.4, 0.5) is 5.69 Å². The third-order valence-electron chi connectivity index (χ3n) is 4.98. The van der Waals surface area contributed by atoms with E-state index in [0.717, 1.165) is 5.56 Å². The molecule has 0 saturated heterocycles. The van der Waals surface area contributed by atoms with E-state index in [4.69, 9.17) is 9.84 Å². The van der Waals surface area contributed by atoms with Crippen LogP contribution in [0.1, 0.15) is 18.7 Å². The number of para-hydroxylation sites is 1. The molecule has 1 aliphatic rings. The number of H-pyrrole nitrogens is 1. The smallest absolute Gasteiger partial charge is 0.325 e. The van der Waals surface area contributed by atoms with Gasteiger partial charge in [0.05, 0.1) is 11.3 Å². The zero-order valence-corrected chi connectivity index (χ0v) is 18.5. The predicted molar refractivity (Wildman–Crippen MR) is 125 cm³/mol. The zero-order valence-electron chi connectivity index (χ0n) is 17.7. The number of aromatic amines is 1. The van der Waals surface area contributed by atoms with E-state index in [0.29, 0.717) is 40.2 Å². The molecule has 2 aromatic carbocycles. The van der Waals surface area contributed by atoms with E-state index < -0.39 is 6.17 Å². The lowest BCUT2D eigenvalue weighted by atomic mass is 10.0. The summed E-state index contributed by atoms with van der Waals surface area (Å²) in [5, 5.41) is 5.17. The number of carbonyl (C=O) groups is 1. The number of hydrogen-bond acceptors (Lipinski definition) is 5. The van der Waals surface area contributed by atoms with Crippen molar-refractivity contribution in [2.45, 2.75) is 18.2 Å². The Morgan fingerprint density at radius 2 is 1.97 bits per heavy atom. The highest BCUT2D eigenvalue weighted by Gasteiger charge is 2.44. The van der Waals surface area contributed by atoms with Crippen molar-refractivity contribution in [1.29, 1.82) is 0 Å². The van der Waals surface area contributed by atoms with Gasteiger partial charge in [-0.3, -0.25) is 14.6 Å². The van der Waals surface area contributed by atoms with Gasteiger partial charge in [0.25, 0.3) is 6.17 Å². The summed E-state index contributed by atoms with van der Waals surface area (Å²) in [5.74, 6) is 1.12. The van der Waals surface area contributed by atoms with Crippen LogP contribution in [0, 0.1) is 0 Å². The number of carbonyl (C=O) groups excluding carboxylic acids is 1. The quantitative estimate of drug-likeness (QED) is 0.341. The number of thioether (sulfide) groups is 1. The molecule has 4 rings (SSSR count). The second kappa shape index (κ2) is 9.23. The number of ether oxygens (including phenoxy) is 1. The fourth-order valence-corrected chi connectivity index (χ4v) is 4.29. The van der Waals surface area contributed by atoms with Gasteiger partial charge in [-0.1, -0.05) is 42.6 Å². The number of nitrogens with one attached hydrogen (secondary N) is 1. The number of nitrogens with zero attached hydrogens (tertiary/aromatic N) is 3. The highest BCUT2D eigenvalue weighted by atomic mass is 32.2. The fraction of sp³-hybridized carbons (Fsp3) is 0.167. The van der Waals surface area contributed by atoms with Crippen molar-refractivity contribution in [3.63, 3.8) is 0 Å². The molecule has 7 nitrogen and oxygen atoms in total. The Balaban J connectivity index is 1.93. The molecular formula is C24H23N4O3S+. The molecule has 0 fully saturated rings. The number of fused-ring (bicyclic) bond motifs is 3. The largest absolute Gasteiger partial charge is 0.490 e. The van der Waals surface area contributed by atoms with Crippen LogP contribution in [-0.4, -0.2) is 28.3 Å². The first-order valence-electron chi connectivity index (χ1n) is 10.1. The number of anilines is 1. The maximum atomic E-state index is 13.1. The summed E-state index contributed by atoms with van der Waals surface area (Å²) >= 11 is 1.37. The van der Waals surface area contributed by atoms with Gasteiger partial charge in [0.2, 0.25) is 11.1 Å². The summed E-state index contributed by atoms with van der Waals surface area (Å²) in [5.41, 5.74) is 2.25. The Kier molecular flexibility index (Phi) is 6.23. The first kappa shape index (κ1) is 21.6. The van der Waals surface area contributed by atoms with E-state index >= 15 is 0 Å². The van der Waals surface area contributed by atoms with E-state index in [2.05, 4.69) is 18.1 Å². The summed E-state index contributed by atoms with van der Waals surface area (Å²) in [6.07, 6.45) is 2.79.